The normalized spacial score (nSPS) is 13.4. The van der Waals surface area contributed by atoms with Crippen LogP contribution in [0.25, 0.3) is 10.2 Å². The van der Waals surface area contributed by atoms with Crippen LogP contribution in [0.5, 0.6) is 0 Å². The van der Waals surface area contributed by atoms with Gasteiger partial charge < -0.3 is 5.11 Å². The lowest BCUT2D eigenvalue weighted by Crippen LogP contribution is -2.03. The van der Waals surface area contributed by atoms with Gasteiger partial charge in [-0.1, -0.05) is 12.1 Å². The number of thiazole rings is 1. The standard InChI is InChI=1S/C10H11NOS/c1-7(12)6-10-11-8-4-2-3-5-9(8)13-10/h2-5,7,12H,6H2,1H3. The summed E-state index contributed by atoms with van der Waals surface area (Å²) in [4.78, 5) is 4.41. The summed E-state index contributed by atoms with van der Waals surface area (Å²) in [6, 6.07) is 8.04. The number of rotatable bonds is 2. The topological polar surface area (TPSA) is 33.1 Å². The van der Waals surface area contributed by atoms with Crippen molar-refractivity contribution in [1.82, 2.24) is 4.98 Å². The van der Waals surface area contributed by atoms with Crippen molar-refractivity contribution >= 4 is 21.6 Å². The van der Waals surface area contributed by atoms with E-state index in [-0.39, 0.29) is 6.10 Å². The lowest BCUT2D eigenvalue weighted by Gasteiger charge is -1.97. The Bertz CT molecular complexity index is 375. The van der Waals surface area contributed by atoms with Crippen LogP contribution in [0, 0.1) is 0 Å². The highest BCUT2D eigenvalue weighted by Crippen LogP contribution is 2.22. The summed E-state index contributed by atoms with van der Waals surface area (Å²) < 4.78 is 1.19. The molecule has 0 aliphatic heterocycles. The van der Waals surface area contributed by atoms with Crippen LogP contribution < -0.4 is 0 Å². The first kappa shape index (κ1) is 8.66. The molecule has 0 amide bonds. The van der Waals surface area contributed by atoms with Gasteiger partial charge in [0.05, 0.1) is 21.3 Å². The molecule has 0 fully saturated rings. The summed E-state index contributed by atoms with van der Waals surface area (Å²) in [6.07, 6.45) is 0.347. The fraction of sp³-hybridized carbons (Fsp3) is 0.300. The molecule has 1 atom stereocenters. The van der Waals surface area contributed by atoms with E-state index in [2.05, 4.69) is 11.1 Å². The predicted molar refractivity (Wildman–Crippen MR) is 55.0 cm³/mol. The molecule has 1 aromatic heterocycles. The van der Waals surface area contributed by atoms with Crippen LogP contribution in [-0.4, -0.2) is 16.2 Å². The lowest BCUT2D eigenvalue weighted by atomic mass is 10.3. The zero-order valence-corrected chi connectivity index (χ0v) is 8.21. The number of hydrogen-bond acceptors (Lipinski definition) is 3. The van der Waals surface area contributed by atoms with Gasteiger partial charge in [-0.3, -0.25) is 0 Å². The first-order valence-corrected chi connectivity index (χ1v) is 5.10. The Hall–Kier alpha value is -0.930. The van der Waals surface area contributed by atoms with Crippen molar-refractivity contribution < 1.29 is 5.11 Å². The van der Waals surface area contributed by atoms with E-state index in [1.165, 1.54) is 4.70 Å². The first-order chi connectivity index (χ1) is 6.25. The fourth-order valence-electron chi connectivity index (χ4n) is 1.26. The molecule has 0 aliphatic rings. The molecule has 0 saturated heterocycles. The third-order valence-electron chi connectivity index (χ3n) is 1.81. The van der Waals surface area contributed by atoms with Gasteiger partial charge in [0.2, 0.25) is 0 Å². The molecule has 0 radical (unpaired) electrons. The zero-order valence-electron chi connectivity index (χ0n) is 7.40. The van der Waals surface area contributed by atoms with Gasteiger partial charge in [-0.15, -0.1) is 11.3 Å². The molecule has 1 unspecified atom stereocenters. The van der Waals surface area contributed by atoms with E-state index >= 15 is 0 Å². The van der Waals surface area contributed by atoms with Crippen LogP contribution in [0.3, 0.4) is 0 Å². The molecule has 68 valence electrons. The largest absolute Gasteiger partial charge is 0.393 e. The van der Waals surface area contributed by atoms with Gasteiger partial charge in [-0.05, 0) is 19.1 Å². The van der Waals surface area contributed by atoms with Gasteiger partial charge in [-0.2, -0.15) is 0 Å². The Morgan fingerprint density at radius 2 is 2.23 bits per heavy atom. The number of benzene rings is 1. The highest BCUT2D eigenvalue weighted by Gasteiger charge is 2.05. The zero-order chi connectivity index (χ0) is 9.26. The Balaban J connectivity index is 2.38. The molecular weight excluding hydrogens is 182 g/mol. The average Bonchev–Trinajstić information content (AvgIpc) is 2.44. The van der Waals surface area contributed by atoms with Gasteiger partial charge in [0, 0.05) is 6.42 Å². The van der Waals surface area contributed by atoms with Gasteiger partial charge in [0.25, 0.3) is 0 Å². The Labute approximate surface area is 80.9 Å². The minimum atomic E-state index is -0.305. The maximum Gasteiger partial charge on any atom is 0.0964 e. The van der Waals surface area contributed by atoms with Crippen LogP contribution in [0.4, 0.5) is 0 Å². The molecule has 3 heteroatoms. The molecule has 2 aromatic rings. The molecule has 2 rings (SSSR count). The molecular formula is C10H11NOS. The number of fused-ring (bicyclic) bond motifs is 1. The Morgan fingerprint density at radius 1 is 1.46 bits per heavy atom. The third-order valence-corrected chi connectivity index (χ3v) is 2.87. The predicted octanol–water partition coefficient (Wildman–Crippen LogP) is 2.22. The van der Waals surface area contributed by atoms with E-state index in [0.29, 0.717) is 6.42 Å². The molecule has 1 heterocycles. The minimum absolute atomic E-state index is 0.305. The van der Waals surface area contributed by atoms with Crippen molar-refractivity contribution in [2.75, 3.05) is 0 Å². The summed E-state index contributed by atoms with van der Waals surface area (Å²) in [7, 11) is 0. The number of hydrogen-bond donors (Lipinski definition) is 1. The van der Waals surface area contributed by atoms with E-state index in [0.717, 1.165) is 10.5 Å². The SMILES string of the molecule is CC(O)Cc1nc2ccccc2s1. The third kappa shape index (κ3) is 1.87. The number of nitrogens with zero attached hydrogens (tertiary/aromatic N) is 1. The molecule has 1 aromatic carbocycles. The van der Waals surface area contributed by atoms with E-state index < -0.39 is 0 Å². The van der Waals surface area contributed by atoms with Gasteiger partial charge in [0.15, 0.2) is 0 Å². The van der Waals surface area contributed by atoms with Crippen molar-refractivity contribution in [2.24, 2.45) is 0 Å². The maximum atomic E-state index is 9.20. The van der Waals surface area contributed by atoms with E-state index in [1.54, 1.807) is 18.3 Å². The molecule has 0 spiro atoms. The van der Waals surface area contributed by atoms with E-state index in [9.17, 15) is 5.11 Å². The number of para-hydroxylation sites is 1. The number of aromatic nitrogens is 1. The molecule has 0 bridgehead atoms. The molecule has 13 heavy (non-hydrogen) atoms. The summed E-state index contributed by atoms with van der Waals surface area (Å²) >= 11 is 1.65. The second-order valence-corrected chi connectivity index (χ2v) is 4.24. The van der Waals surface area contributed by atoms with Gasteiger partial charge >= 0.3 is 0 Å². The summed E-state index contributed by atoms with van der Waals surface area (Å²) in [5.41, 5.74) is 1.03. The minimum Gasteiger partial charge on any atom is -0.393 e. The second kappa shape index (κ2) is 3.44. The van der Waals surface area contributed by atoms with Crippen molar-refractivity contribution in [3.05, 3.63) is 29.3 Å². The van der Waals surface area contributed by atoms with Crippen molar-refractivity contribution in [2.45, 2.75) is 19.4 Å². The monoisotopic (exact) mass is 193 g/mol. The molecule has 1 N–H and O–H groups in total. The first-order valence-electron chi connectivity index (χ1n) is 4.28. The van der Waals surface area contributed by atoms with Crippen LogP contribution in [0.15, 0.2) is 24.3 Å². The lowest BCUT2D eigenvalue weighted by molar-refractivity contribution is 0.195. The molecule has 0 aliphatic carbocycles. The molecule has 0 saturated carbocycles. The Kier molecular flexibility index (Phi) is 2.29. The van der Waals surface area contributed by atoms with Crippen molar-refractivity contribution in [1.29, 1.82) is 0 Å². The van der Waals surface area contributed by atoms with Crippen molar-refractivity contribution in [3.8, 4) is 0 Å². The summed E-state index contributed by atoms with van der Waals surface area (Å²) in [5, 5.41) is 10.2. The van der Waals surface area contributed by atoms with E-state index in [1.807, 2.05) is 18.2 Å². The van der Waals surface area contributed by atoms with Gasteiger partial charge in [0.1, 0.15) is 0 Å². The summed E-state index contributed by atoms with van der Waals surface area (Å²) in [6.45, 7) is 1.78. The second-order valence-electron chi connectivity index (χ2n) is 3.13. The van der Waals surface area contributed by atoms with Crippen LogP contribution in [-0.2, 0) is 6.42 Å². The fourth-order valence-corrected chi connectivity index (χ4v) is 2.35. The highest BCUT2D eigenvalue weighted by molar-refractivity contribution is 7.18. The maximum absolute atomic E-state index is 9.20. The highest BCUT2D eigenvalue weighted by atomic mass is 32.1. The average molecular weight is 193 g/mol. The Morgan fingerprint density at radius 3 is 2.92 bits per heavy atom. The van der Waals surface area contributed by atoms with Crippen LogP contribution in [0.2, 0.25) is 0 Å². The van der Waals surface area contributed by atoms with Crippen LogP contribution >= 0.6 is 11.3 Å². The van der Waals surface area contributed by atoms with E-state index in [4.69, 9.17) is 0 Å². The van der Waals surface area contributed by atoms with Gasteiger partial charge in [-0.25, -0.2) is 4.98 Å². The molecule has 2 nitrogen and oxygen atoms in total. The van der Waals surface area contributed by atoms with Crippen LogP contribution in [0.1, 0.15) is 11.9 Å². The number of aliphatic hydroxyl groups excluding tert-OH is 1. The smallest absolute Gasteiger partial charge is 0.0964 e. The summed E-state index contributed by atoms with van der Waals surface area (Å²) in [5.74, 6) is 0. The number of aliphatic hydroxyl groups is 1. The quantitative estimate of drug-likeness (QED) is 0.793. The van der Waals surface area contributed by atoms with Crippen molar-refractivity contribution in [3.63, 3.8) is 0 Å².